The third-order valence-corrected chi connectivity index (χ3v) is 1.84. The number of hydrogen-bond acceptors (Lipinski definition) is 1. The van der Waals surface area contributed by atoms with Crippen LogP contribution in [0.4, 0.5) is 0 Å². The second-order valence-electron chi connectivity index (χ2n) is 3.26. The van der Waals surface area contributed by atoms with Gasteiger partial charge in [0.2, 0.25) is 6.29 Å². The highest BCUT2D eigenvalue weighted by Gasteiger charge is 1.84. The lowest BCUT2D eigenvalue weighted by Crippen LogP contribution is -1.76. The van der Waals surface area contributed by atoms with Crippen molar-refractivity contribution in [1.29, 1.82) is 0 Å². The minimum absolute atomic E-state index is 0.430. The van der Waals surface area contributed by atoms with Crippen molar-refractivity contribution in [3.8, 4) is 0 Å². The second kappa shape index (κ2) is 9.24. The van der Waals surface area contributed by atoms with Gasteiger partial charge in [-0.05, 0) is 19.8 Å². The molecule has 0 aliphatic heterocycles. The molecule has 0 aromatic heterocycles. The molecule has 0 rings (SSSR count). The van der Waals surface area contributed by atoms with Gasteiger partial charge >= 0.3 is 0 Å². The van der Waals surface area contributed by atoms with E-state index in [4.69, 9.17) is 0 Å². The van der Waals surface area contributed by atoms with Gasteiger partial charge < -0.3 is 0 Å². The molecule has 0 aromatic carbocycles. The van der Waals surface area contributed by atoms with Gasteiger partial charge in [0.25, 0.3) is 0 Å². The summed E-state index contributed by atoms with van der Waals surface area (Å²) in [5.74, 6) is 0. The van der Waals surface area contributed by atoms with Crippen molar-refractivity contribution in [1.82, 2.24) is 0 Å². The number of hydrogen-bond donors (Lipinski definition) is 0. The van der Waals surface area contributed by atoms with Gasteiger partial charge in [-0.2, -0.15) is 0 Å². The van der Waals surface area contributed by atoms with Gasteiger partial charge in [0, 0.05) is 6.42 Å². The van der Waals surface area contributed by atoms with Crippen molar-refractivity contribution in [3.63, 3.8) is 0 Å². The summed E-state index contributed by atoms with van der Waals surface area (Å²) < 4.78 is 0. The van der Waals surface area contributed by atoms with Crippen molar-refractivity contribution in [2.45, 2.75) is 46.0 Å². The van der Waals surface area contributed by atoms with E-state index in [1.54, 1.807) is 0 Å². The maximum Gasteiger partial charge on any atom is 0.202 e. The Morgan fingerprint density at radius 3 is 2.77 bits per heavy atom. The summed E-state index contributed by atoms with van der Waals surface area (Å²) in [6.45, 7) is 4.15. The fourth-order valence-electron chi connectivity index (χ4n) is 1.01. The lowest BCUT2D eigenvalue weighted by Gasteiger charge is -1.91. The van der Waals surface area contributed by atoms with Crippen molar-refractivity contribution in [2.24, 2.45) is 0 Å². The number of carbonyl (C=O) groups excluding carboxylic acids is 1. The molecule has 0 heterocycles. The average molecular weight is 179 g/mol. The Hall–Kier alpha value is -0.850. The van der Waals surface area contributed by atoms with Gasteiger partial charge in [0.1, 0.15) is 0 Å². The number of allylic oxidation sites excluding steroid dienone is 4. The molecular weight excluding hydrogens is 160 g/mol. The first kappa shape index (κ1) is 12.2. The van der Waals surface area contributed by atoms with Crippen molar-refractivity contribution in [2.75, 3.05) is 0 Å². The van der Waals surface area contributed by atoms with Crippen LogP contribution in [-0.4, -0.2) is 6.29 Å². The highest BCUT2D eigenvalue weighted by atomic mass is 16.1. The van der Waals surface area contributed by atoms with Gasteiger partial charge in [-0.3, -0.25) is 4.79 Å². The van der Waals surface area contributed by atoms with Crippen LogP contribution in [0.25, 0.3) is 0 Å². The molecule has 0 aliphatic carbocycles. The summed E-state index contributed by atoms with van der Waals surface area (Å²) in [5.41, 5.74) is 1.07. The minimum atomic E-state index is 0.430. The molecule has 0 aliphatic rings. The molecule has 0 unspecified atom stereocenters. The Morgan fingerprint density at radius 1 is 1.38 bits per heavy atom. The van der Waals surface area contributed by atoms with E-state index in [0.717, 1.165) is 12.0 Å². The third kappa shape index (κ3) is 9.06. The molecule has 0 amide bonds. The Balaban J connectivity index is 3.48. The lowest BCUT2D eigenvalue weighted by molar-refractivity contribution is 0.555. The SMILES string of the molecule is CCCCC/C=C/C=C(\C)C[C]=O. The molecule has 1 radical (unpaired) electrons. The maximum absolute atomic E-state index is 10.00. The second-order valence-corrected chi connectivity index (χ2v) is 3.26. The van der Waals surface area contributed by atoms with Crippen molar-refractivity contribution in [3.05, 3.63) is 23.8 Å². The van der Waals surface area contributed by atoms with E-state index >= 15 is 0 Å². The molecule has 0 N–H and O–H groups in total. The summed E-state index contributed by atoms with van der Waals surface area (Å²) in [7, 11) is 0. The van der Waals surface area contributed by atoms with Crippen LogP contribution in [0.1, 0.15) is 46.0 Å². The molecule has 73 valence electrons. The van der Waals surface area contributed by atoms with Crippen molar-refractivity contribution >= 4 is 6.29 Å². The Labute approximate surface area is 81.5 Å². The summed E-state index contributed by atoms with van der Waals surface area (Å²) >= 11 is 0. The Bertz CT molecular complexity index is 178. The molecule has 0 fully saturated rings. The first-order chi connectivity index (χ1) is 6.31. The fourth-order valence-corrected chi connectivity index (χ4v) is 1.01. The van der Waals surface area contributed by atoms with E-state index < -0.39 is 0 Å². The molecule has 0 bridgehead atoms. The largest absolute Gasteiger partial charge is 0.291 e. The van der Waals surface area contributed by atoms with E-state index in [9.17, 15) is 4.79 Å². The van der Waals surface area contributed by atoms with Gasteiger partial charge in [0.15, 0.2) is 0 Å². The Morgan fingerprint density at radius 2 is 2.15 bits per heavy atom. The lowest BCUT2D eigenvalue weighted by atomic mass is 10.2. The highest BCUT2D eigenvalue weighted by Crippen LogP contribution is 2.01. The molecule has 0 aromatic rings. The van der Waals surface area contributed by atoms with E-state index in [1.807, 2.05) is 25.4 Å². The molecule has 0 saturated carbocycles. The van der Waals surface area contributed by atoms with Crippen LogP contribution >= 0.6 is 0 Å². The van der Waals surface area contributed by atoms with Crippen LogP contribution in [-0.2, 0) is 4.79 Å². The third-order valence-electron chi connectivity index (χ3n) is 1.84. The van der Waals surface area contributed by atoms with Crippen LogP contribution < -0.4 is 0 Å². The maximum atomic E-state index is 10.00. The van der Waals surface area contributed by atoms with E-state index in [1.165, 1.54) is 19.3 Å². The van der Waals surface area contributed by atoms with Crippen LogP contribution in [0, 0.1) is 0 Å². The predicted molar refractivity (Wildman–Crippen MR) is 57.3 cm³/mol. The zero-order valence-electron chi connectivity index (χ0n) is 8.68. The normalized spacial score (nSPS) is 12.3. The first-order valence-electron chi connectivity index (χ1n) is 4.98. The molecule has 1 heteroatoms. The number of rotatable bonds is 7. The Kier molecular flexibility index (Phi) is 8.64. The molecule has 0 spiro atoms. The standard InChI is InChI=1S/C12H19O/c1-3-4-5-6-7-8-9-12(2)10-11-13/h7-9H,3-6,10H2,1-2H3/b8-7+,12-9+. The topological polar surface area (TPSA) is 17.1 Å². The summed E-state index contributed by atoms with van der Waals surface area (Å²) in [5, 5.41) is 0. The van der Waals surface area contributed by atoms with Crippen molar-refractivity contribution < 1.29 is 4.79 Å². The summed E-state index contributed by atoms with van der Waals surface area (Å²) in [6.07, 6.45) is 13.4. The first-order valence-corrected chi connectivity index (χ1v) is 4.98. The van der Waals surface area contributed by atoms with E-state index in [0.29, 0.717) is 6.42 Å². The average Bonchev–Trinajstić information content (AvgIpc) is 2.11. The summed E-state index contributed by atoms with van der Waals surface area (Å²) in [6, 6.07) is 0. The zero-order chi connectivity index (χ0) is 9.94. The van der Waals surface area contributed by atoms with Crippen LogP contribution in [0.3, 0.4) is 0 Å². The summed E-state index contributed by atoms with van der Waals surface area (Å²) in [4.78, 5) is 10.00. The van der Waals surface area contributed by atoms with Crippen LogP contribution in [0.5, 0.6) is 0 Å². The number of unbranched alkanes of at least 4 members (excludes halogenated alkanes) is 3. The van der Waals surface area contributed by atoms with E-state index in [2.05, 4.69) is 13.0 Å². The smallest absolute Gasteiger partial charge is 0.202 e. The fraction of sp³-hybridized carbons (Fsp3) is 0.583. The van der Waals surface area contributed by atoms with E-state index in [-0.39, 0.29) is 0 Å². The monoisotopic (exact) mass is 179 g/mol. The zero-order valence-corrected chi connectivity index (χ0v) is 8.68. The van der Waals surface area contributed by atoms with Gasteiger partial charge in [0.05, 0.1) is 0 Å². The predicted octanol–water partition coefficient (Wildman–Crippen LogP) is 3.57. The molecular formula is C12H19O. The molecule has 0 atom stereocenters. The quantitative estimate of drug-likeness (QED) is 0.431. The van der Waals surface area contributed by atoms with Gasteiger partial charge in [-0.1, -0.05) is 43.6 Å². The molecule has 13 heavy (non-hydrogen) atoms. The molecule has 0 saturated heterocycles. The van der Waals surface area contributed by atoms with Gasteiger partial charge in [-0.25, -0.2) is 0 Å². The van der Waals surface area contributed by atoms with Crippen LogP contribution in [0.15, 0.2) is 23.8 Å². The molecule has 1 nitrogen and oxygen atoms in total. The van der Waals surface area contributed by atoms with Crippen LogP contribution in [0.2, 0.25) is 0 Å². The van der Waals surface area contributed by atoms with Gasteiger partial charge in [-0.15, -0.1) is 0 Å². The highest BCUT2D eigenvalue weighted by molar-refractivity contribution is 5.55. The minimum Gasteiger partial charge on any atom is -0.291 e.